The fraction of sp³-hybridized carbons (Fsp3) is 0.400. The Hall–Kier alpha value is -0.910. The average molecular weight is 230 g/mol. The summed E-state index contributed by atoms with van der Waals surface area (Å²) in [5.41, 5.74) is 0.782. The van der Waals surface area contributed by atoms with Crippen molar-refractivity contribution >= 4 is 10.1 Å². The third-order valence-electron chi connectivity index (χ3n) is 1.78. The molecule has 0 aromatic heterocycles. The SMILES string of the molecule is COC[C@H](OS(C)(=O)=O)c1ccccc1. The van der Waals surface area contributed by atoms with Crippen molar-refractivity contribution in [2.75, 3.05) is 20.0 Å². The summed E-state index contributed by atoms with van der Waals surface area (Å²) in [7, 11) is -1.97. The molecule has 0 fully saturated rings. The van der Waals surface area contributed by atoms with Crippen molar-refractivity contribution < 1.29 is 17.3 Å². The van der Waals surface area contributed by atoms with Gasteiger partial charge in [0.2, 0.25) is 0 Å². The van der Waals surface area contributed by atoms with Crippen LogP contribution in [0.2, 0.25) is 0 Å². The molecule has 0 heterocycles. The average Bonchev–Trinajstić information content (AvgIpc) is 2.17. The Morgan fingerprint density at radius 2 is 1.87 bits per heavy atom. The molecule has 0 N–H and O–H groups in total. The minimum absolute atomic E-state index is 0.205. The van der Waals surface area contributed by atoms with Crippen molar-refractivity contribution in [3.63, 3.8) is 0 Å². The molecular weight excluding hydrogens is 216 g/mol. The van der Waals surface area contributed by atoms with E-state index in [1.54, 1.807) is 12.1 Å². The molecular formula is C10H14O4S. The van der Waals surface area contributed by atoms with Gasteiger partial charge in [-0.05, 0) is 5.56 Å². The number of benzene rings is 1. The van der Waals surface area contributed by atoms with E-state index >= 15 is 0 Å². The van der Waals surface area contributed by atoms with E-state index in [0.29, 0.717) is 0 Å². The summed E-state index contributed by atoms with van der Waals surface area (Å²) in [5.74, 6) is 0. The van der Waals surface area contributed by atoms with Crippen LogP contribution >= 0.6 is 0 Å². The Bertz CT molecular complexity index is 385. The molecule has 84 valence electrons. The molecule has 0 bridgehead atoms. The van der Waals surface area contributed by atoms with Gasteiger partial charge in [-0.15, -0.1) is 0 Å². The van der Waals surface area contributed by atoms with Crippen LogP contribution in [0.4, 0.5) is 0 Å². The van der Waals surface area contributed by atoms with Crippen molar-refractivity contribution in [2.45, 2.75) is 6.10 Å². The van der Waals surface area contributed by atoms with Gasteiger partial charge in [0.1, 0.15) is 6.10 Å². The lowest BCUT2D eigenvalue weighted by molar-refractivity contribution is 0.0860. The van der Waals surface area contributed by atoms with Gasteiger partial charge in [0, 0.05) is 7.11 Å². The summed E-state index contributed by atoms with van der Waals surface area (Å²) in [6.07, 6.45) is 0.449. The Labute approximate surface area is 90.0 Å². The topological polar surface area (TPSA) is 52.6 Å². The summed E-state index contributed by atoms with van der Waals surface area (Å²) in [6, 6.07) is 9.10. The Morgan fingerprint density at radius 1 is 1.27 bits per heavy atom. The van der Waals surface area contributed by atoms with Gasteiger partial charge in [-0.25, -0.2) is 0 Å². The van der Waals surface area contributed by atoms with E-state index in [2.05, 4.69) is 0 Å². The molecule has 5 heteroatoms. The minimum Gasteiger partial charge on any atom is -0.382 e. The molecule has 0 aliphatic rings. The zero-order valence-corrected chi connectivity index (χ0v) is 9.53. The number of hydrogen-bond acceptors (Lipinski definition) is 4. The third-order valence-corrected chi connectivity index (χ3v) is 2.36. The zero-order chi connectivity index (χ0) is 11.3. The van der Waals surface area contributed by atoms with Gasteiger partial charge in [0.05, 0.1) is 12.9 Å². The number of rotatable bonds is 5. The summed E-state index contributed by atoms with van der Waals surface area (Å²) >= 11 is 0. The maximum absolute atomic E-state index is 11.0. The Kier molecular flexibility index (Phi) is 4.26. The van der Waals surface area contributed by atoms with E-state index < -0.39 is 16.2 Å². The second kappa shape index (κ2) is 5.25. The van der Waals surface area contributed by atoms with E-state index in [1.807, 2.05) is 18.2 Å². The Balaban J connectivity index is 2.84. The highest BCUT2D eigenvalue weighted by molar-refractivity contribution is 7.86. The molecule has 0 aliphatic heterocycles. The van der Waals surface area contributed by atoms with Gasteiger partial charge in [0.25, 0.3) is 10.1 Å². The maximum Gasteiger partial charge on any atom is 0.265 e. The second-order valence-corrected chi connectivity index (χ2v) is 4.76. The molecule has 1 aromatic rings. The molecule has 0 spiro atoms. The summed E-state index contributed by atoms with van der Waals surface area (Å²) < 4.78 is 31.9. The normalized spacial score (nSPS) is 13.7. The van der Waals surface area contributed by atoms with Crippen LogP contribution in [-0.2, 0) is 19.0 Å². The van der Waals surface area contributed by atoms with Gasteiger partial charge in [-0.3, -0.25) is 4.18 Å². The predicted molar refractivity (Wildman–Crippen MR) is 57.0 cm³/mol. The first-order valence-corrected chi connectivity index (χ1v) is 6.26. The van der Waals surface area contributed by atoms with Crippen LogP contribution in [0.3, 0.4) is 0 Å². The third kappa shape index (κ3) is 4.42. The van der Waals surface area contributed by atoms with Gasteiger partial charge in [-0.1, -0.05) is 30.3 Å². The largest absolute Gasteiger partial charge is 0.382 e. The highest BCUT2D eigenvalue weighted by Crippen LogP contribution is 2.19. The minimum atomic E-state index is -3.47. The summed E-state index contributed by atoms with van der Waals surface area (Å²) in [4.78, 5) is 0. The molecule has 0 unspecified atom stereocenters. The number of methoxy groups -OCH3 is 1. The van der Waals surface area contributed by atoms with Crippen molar-refractivity contribution in [2.24, 2.45) is 0 Å². The molecule has 1 aromatic carbocycles. The maximum atomic E-state index is 11.0. The molecule has 0 saturated heterocycles. The fourth-order valence-corrected chi connectivity index (χ4v) is 1.80. The van der Waals surface area contributed by atoms with Crippen LogP contribution in [-0.4, -0.2) is 28.4 Å². The van der Waals surface area contributed by atoms with Gasteiger partial charge < -0.3 is 4.74 Å². The first-order valence-electron chi connectivity index (χ1n) is 4.45. The number of ether oxygens (including phenoxy) is 1. The predicted octanol–water partition coefficient (Wildman–Crippen LogP) is 1.35. The van der Waals surface area contributed by atoms with Gasteiger partial charge in [-0.2, -0.15) is 8.42 Å². The fourth-order valence-electron chi connectivity index (χ4n) is 1.21. The van der Waals surface area contributed by atoms with Crippen LogP contribution < -0.4 is 0 Å². The van der Waals surface area contributed by atoms with Crippen LogP contribution in [0.5, 0.6) is 0 Å². The second-order valence-electron chi connectivity index (χ2n) is 3.16. The van der Waals surface area contributed by atoms with Gasteiger partial charge in [0.15, 0.2) is 0 Å². The first kappa shape index (κ1) is 12.2. The van der Waals surface area contributed by atoms with E-state index in [0.717, 1.165) is 11.8 Å². The van der Waals surface area contributed by atoms with Gasteiger partial charge >= 0.3 is 0 Å². The number of hydrogen-bond donors (Lipinski definition) is 0. The van der Waals surface area contributed by atoms with Crippen molar-refractivity contribution in [1.29, 1.82) is 0 Å². The lowest BCUT2D eigenvalue weighted by Crippen LogP contribution is -2.15. The monoisotopic (exact) mass is 230 g/mol. The van der Waals surface area contributed by atoms with Crippen molar-refractivity contribution in [1.82, 2.24) is 0 Å². The van der Waals surface area contributed by atoms with E-state index in [9.17, 15) is 8.42 Å². The van der Waals surface area contributed by atoms with E-state index in [-0.39, 0.29) is 6.61 Å². The highest BCUT2D eigenvalue weighted by Gasteiger charge is 2.17. The molecule has 0 amide bonds. The van der Waals surface area contributed by atoms with Crippen molar-refractivity contribution in [3.8, 4) is 0 Å². The molecule has 15 heavy (non-hydrogen) atoms. The lowest BCUT2D eigenvalue weighted by Gasteiger charge is -2.15. The molecule has 0 saturated carbocycles. The lowest BCUT2D eigenvalue weighted by atomic mass is 10.1. The zero-order valence-electron chi connectivity index (χ0n) is 8.71. The molecule has 4 nitrogen and oxygen atoms in total. The molecule has 1 rings (SSSR count). The van der Waals surface area contributed by atoms with E-state index in [1.165, 1.54) is 7.11 Å². The quantitative estimate of drug-likeness (QED) is 0.716. The Morgan fingerprint density at radius 3 is 2.33 bits per heavy atom. The smallest absolute Gasteiger partial charge is 0.265 e. The molecule has 0 aliphatic carbocycles. The molecule has 1 atom stereocenters. The van der Waals surface area contributed by atoms with E-state index in [4.69, 9.17) is 8.92 Å². The standard InChI is InChI=1S/C10H14O4S/c1-13-8-10(14-15(2,11)12)9-6-4-3-5-7-9/h3-7,10H,8H2,1-2H3/t10-/m0/s1. The van der Waals surface area contributed by atoms with Crippen LogP contribution in [0.1, 0.15) is 11.7 Å². The summed E-state index contributed by atoms with van der Waals surface area (Å²) in [5, 5.41) is 0. The summed E-state index contributed by atoms with van der Waals surface area (Å²) in [6.45, 7) is 0.205. The first-order chi connectivity index (χ1) is 7.03. The van der Waals surface area contributed by atoms with Crippen LogP contribution in [0.15, 0.2) is 30.3 Å². The highest BCUT2D eigenvalue weighted by atomic mass is 32.2. The van der Waals surface area contributed by atoms with Crippen LogP contribution in [0.25, 0.3) is 0 Å². The van der Waals surface area contributed by atoms with Crippen molar-refractivity contribution in [3.05, 3.63) is 35.9 Å². The molecule has 0 radical (unpaired) electrons. The van der Waals surface area contributed by atoms with Crippen LogP contribution in [0, 0.1) is 0 Å².